The maximum atomic E-state index is 5.39. The molecule has 0 spiro atoms. The van der Waals surface area contributed by atoms with Crippen LogP contribution in [0.3, 0.4) is 0 Å². The van der Waals surface area contributed by atoms with Crippen molar-refractivity contribution in [2.75, 3.05) is 14.2 Å². The zero-order valence-corrected chi connectivity index (χ0v) is 12.7. The van der Waals surface area contributed by atoms with Gasteiger partial charge in [-0.25, -0.2) is 0 Å². The highest BCUT2D eigenvalue weighted by Gasteiger charge is 2.26. The molecule has 0 aliphatic heterocycles. The fourth-order valence-corrected chi connectivity index (χ4v) is 3.03. The Hall–Kier alpha value is -1.47. The highest BCUT2D eigenvalue weighted by atomic mass is 32.1. The van der Waals surface area contributed by atoms with E-state index in [1.807, 2.05) is 18.8 Å². The summed E-state index contributed by atoms with van der Waals surface area (Å²) in [6.45, 7) is 4.24. The summed E-state index contributed by atoms with van der Waals surface area (Å²) in [4.78, 5) is 1.11. The van der Waals surface area contributed by atoms with Crippen LogP contribution in [0.1, 0.15) is 42.1 Å². The van der Waals surface area contributed by atoms with Crippen molar-refractivity contribution < 1.29 is 4.74 Å². The van der Waals surface area contributed by atoms with E-state index in [1.54, 1.807) is 13.3 Å². The number of methoxy groups -OCH3 is 1. The van der Waals surface area contributed by atoms with Gasteiger partial charge in [0, 0.05) is 7.05 Å². The summed E-state index contributed by atoms with van der Waals surface area (Å²) < 4.78 is 11.3. The largest absolute Gasteiger partial charge is 0.493 e. The first-order chi connectivity index (χ1) is 9.10. The topological polar surface area (TPSA) is 64.9 Å². The molecule has 6 nitrogen and oxygen atoms in total. The van der Waals surface area contributed by atoms with Gasteiger partial charge in [-0.05, 0) is 24.5 Å². The van der Waals surface area contributed by atoms with Crippen molar-refractivity contribution in [1.29, 1.82) is 0 Å². The van der Waals surface area contributed by atoms with Crippen molar-refractivity contribution in [3.63, 3.8) is 0 Å². The molecule has 0 saturated carbocycles. The minimum Gasteiger partial charge on any atom is -0.493 e. The molecule has 0 saturated heterocycles. The van der Waals surface area contributed by atoms with Crippen LogP contribution in [0.5, 0.6) is 5.75 Å². The minimum atomic E-state index is -0.0140. The first-order valence-electron chi connectivity index (χ1n) is 6.15. The monoisotopic (exact) mass is 281 g/mol. The average Bonchev–Trinajstić information content (AvgIpc) is 2.99. The first kappa shape index (κ1) is 14.0. The second-order valence-corrected chi connectivity index (χ2v) is 5.41. The lowest BCUT2D eigenvalue weighted by Gasteiger charge is -2.18. The van der Waals surface area contributed by atoms with Gasteiger partial charge in [0.25, 0.3) is 0 Å². The number of ether oxygens (including phenoxy) is 1. The van der Waals surface area contributed by atoms with Crippen molar-refractivity contribution >= 4 is 11.5 Å². The van der Waals surface area contributed by atoms with E-state index >= 15 is 0 Å². The second kappa shape index (κ2) is 5.66. The molecule has 7 heteroatoms. The predicted molar refractivity (Wildman–Crippen MR) is 74.7 cm³/mol. The lowest BCUT2D eigenvalue weighted by Crippen LogP contribution is -2.21. The number of aryl methyl sites for hydroxylation is 1. The van der Waals surface area contributed by atoms with Crippen LogP contribution >= 0.6 is 11.5 Å². The summed E-state index contributed by atoms with van der Waals surface area (Å²) >= 11 is 1.42. The number of nitrogens with zero attached hydrogens (tertiary/aromatic N) is 4. The highest BCUT2D eigenvalue weighted by Crippen LogP contribution is 2.34. The van der Waals surface area contributed by atoms with Crippen LogP contribution in [0.2, 0.25) is 0 Å². The molecule has 0 radical (unpaired) electrons. The van der Waals surface area contributed by atoms with Crippen LogP contribution in [-0.4, -0.2) is 33.5 Å². The van der Waals surface area contributed by atoms with Gasteiger partial charge in [0.05, 0.1) is 29.9 Å². The Morgan fingerprint density at radius 2 is 2.16 bits per heavy atom. The molecule has 2 rings (SSSR count). The predicted octanol–water partition coefficient (Wildman–Crippen LogP) is 1.71. The van der Waals surface area contributed by atoms with Crippen LogP contribution < -0.4 is 10.1 Å². The molecule has 0 amide bonds. The third-order valence-corrected chi connectivity index (χ3v) is 3.89. The molecule has 2 heterocycles. The Morgan fingerprint density at radius 3 is 2.74 bits per heavy atom. The Balaban J connectivity index is 2.50. The Bertz CT molecular complexity index is 548. The molecule has 1 unspecified atom stereocenters. The summed E-state index contributed by atoms with van der Waals surface area (Å²) in [6.07, 6.45) is 1.73. The van der Waals surface area contributed by atoms with Gasteiger partial charge in [0.15, 0.2) is 5.75 Å². The van der Waals surface area contributed by atoms with E-state index in [-0.39, 0.29) is 6.04 Å². The third-order valence-electron chi connectivity index (χ3n) is 3.08. The van der Waals surface area contributed by atoms with Gasteiger partial charge in [-0.2, -0.15) is 5.10 Å². The van der Waals surface area contributed by atoms with Crippen molar-refractivity contribution in [3.05, 3.63) is 22.5 Å². The Kier molecular flexibility index (Phi) is 4.16. The smallest absolute Gasteiger partial charge is 0.161 e. The van der Waals surface area contributed by atoms with Crippen LogP contribution in [-0.2, 0) is 7.05 Å². The molecular formula is C12H19N5OS. The third kappa shape index (κ3) is 2.48. The van der Waals surface area contributed by atoms with Gasteiger partial charge in [0.1, 0.15) is 5.69 Å². The SMILES string of the molecule is CNC(c1snnc1C(C)C)c1c(OC)cnn1C. The lowest BCUT2D eigenvalue weighted by atomic mass is 10.0. The first-order valence-corrected chi connectivity index (χ1v) is 6.92. The Morgan fingerprint density at radius 1 is 1.42 bits per heavy atom. The number of nitrogens with one attached hydrogen (secondary N) is 1. The molecule has 1 atom stereocenters. The van der Waals surface area contributed by atoms with Crippen LogP contribution in [0.15, 0.2) is 6.20 Å². The van der Waals surface area contributed by atoms with E-state index < -0.39 is 0 Å². The van der Waals surface area contributed by atoms with Gasteiger partial charge < -0.3 is 10.1 Å². The molecule has 19 heavy (non-hydrogen) atoms. The minimum absolute atomic E-state index is 0.0140. The molecule has 2 aromatic rings. The maximum absolute atomic E-state index is 5.39. The zero-order valence-electron chi connectivity index (χ0n) is 11.8. The molecule has 1 N–H and O–H groups in total. The summed E-state index contributed by atoms with van der Waals surface area (Å²) in [5, 5.41) is 11.8. The molecule has 0 fully saturated rings. The normalized spacial score (nSPS) is 12.9. The summed E-state index contributed by atoms with van der Waals surface area (Å²) in [5.41, 5.74) is 2.01. The van der Waals surface area contributed by atoms with Crippen molar-refractivity contribution in [2.24, 2.45) is 7.05 Å². The standard InChI is InChI=1S/C12H19N5OS/c1-7(2)9-12(19-16-15-9)10(13-3)11-8(18-5)6-14-17(11)4/h6-7,10,13H,1-5H3. The van der Waals surface area contributed by atoms with Crippen LogP contribution in [0.25, 0.3) is 0 Å². The van der Waals surface area contributed by atoms with Crippen LogP contribution in [0.4, 0.5) is 0 Å². The summed E-state index contributed by atoms with van der Waals surface area (Å²) in [5.74, 6) is 1.11. The lowest BCUT2D eigenvalue weighted by molar-refractivity contribution is 0.403. The molecule has 0 bridgehead atoms. The van der Waals surface area contributed by atoms with E-state index in [0.29, 0.717) is 5.92 Å². The maximum Gasteiger partial charge on any atom is 0.161 e. The van der Waals surface area contributed by atoms with Crippen molar-refractivity contribution in [2.45, 2.75) is 25.8 Å². The van der Waals surface area contributed by atoms with E-state index in [0.717, 1.165) is 22.0 Å². The molecule has 0 aliphatic rings. The van der Waals surface area contributed by atoms with Gasteiger partial charge >= 0.3 is 0 Å². The van der Waals surface area contributed by atoms with E-state index in [9.17, 15) is 0 Å². The average molecular weight is 281 g/mol. The van der Waals surface area contributed by atoms with E-state index in [2.05, 4.69) is 33.8 Å². The van der Waals surface area contributed by atoms with Gasteiger partial charge in [0.2, 0.25) is 0 Å². The molecule has 104 valence electrons. The molecular weight excluding hydrogens is 262 g/mol. The van der Waals surface area contributed by atoms with E-state index in [1.165, 1.54) is 11.5 Å². The Labute approximate surface area is 117 Å². The summed E-state index contributed by atoms with van der Waals surface area (Å²) in [7, 11) is 5.48. The number of rotatable bonds is 5. The zero-order chi connectivity index (χ0) is 14.0. The fourth-order valence-electron chi connectivity index (χ4n) is 2.11. The number of hydrogen-bond donors (Lipinski definition) is 1. The summed E-state index contributed by atoms with van der Waals surface area (Å²) in [6, 6.07) is -0.0140. The molecule has 0 aliphatic carbocycles. The van der Waals surface area contributed by atoms with Gasteiger partial charge in [-0.15, -0.1) is 5.10 Å². The number of hydrogen-bond acceptors (Lipinski definition) is 6. The highest BCUT2D eigenvalue weighted by molar-refractivity contribution is 7.05. The van der Waals surface area contributed by atoms with E-state index in [4.69, 9.17) is 4.74 Å². The van der Waals surface area contributed by atoms with Gasteiger partial charge in [-0.1, -0.05) is 18.3 Å². The number of aromatic nitrogens is 4. The quantitative estimate of drug-likeness (QED) is 0.904. The molecule has 0 aromatic carbocycles. The second-order valence-electron chi connectivity index (χ2n) is 4.62. The van der Waals surface area contributed by atoms with Crippen molar-refractivity contribution in [1.82, 2.24) is 24.7 Å². The fraction of sp³-hybridized carbons (Fsp3) is 0.583. The van der Waals surface area contributed by atoms with Gasteiger partial charge in [-0.3, -0.25) is 4.68 Å². The van der Waals surface area contributed by atoms with Crippen molar-refractivity contribution in [3.8, 4) is 5.75 Å². The van der Waals surface area contributed by atoms with Crippen LogP contribution in [0, 0.1) is 0 Å². The molecule has 2 aromatic heterocycles.